The van der Waals surface area contributed by atoms with E-state index in [0.717, 1.165) is 6.42 Å². The van der Waals surface area contributed by atoms with Crippen LogP contribution in [0.2, 0.25) is 0 Å². The molecule has 0 saturated carbocycles. The lowest BCUT2D eigenvalue weighted by Crippen LogP contribution is -2.15. The van der Waals surface area contributed by atoms with E-state index in [1.54, 1.807) is 0 Å². The monoisotopic (exact) mass is 195 g/mol. The molecule has 2 heteroatoms. The van der Waals surface area contributed by atoms with Crippen LogP contribution >= 0.6 is 11.3 Å². The van der Waals surface area contributed by atoms with E-state index in [4.69, 9.17) is 0 Å². The summed E-state index contributed by atoms with van der Waals surface area (Å²) in [6.07, 6.45) is 1.02. The van der Waals surface area contributed by atoms with Gasteiger partial charge in [0.1, 0.15) is 0 Å². The van der Waals surface area contributed by atoms with Crippen molar-refractivity contribution in [1.82, 2.24) is 5.32 Å². The van der Waals surface area contributed by atoms with Crippen molar-refractivity contribution in [3.8, 4) is 0 Å². The second kappa shape index (κ2) is 4.58. The maximum atomic E-state index is 3.94. The molecule has 0 spiro atoms. The Morgan fingerprint density at radius 1 is 1.62 bits per heavy atom. The van der Waals surface area contributed by atoms with Gasteiger partial charge in [-0.15, -0.1) is 17.9 Å². The Hall–Kier alpha value is -0.600. The molecule has 0 aliphatic heterocycles. The highest BCUT2D eigenvalue weighted by Crippen LogP contribution is 2.26. The minimum Gasteiger partial charge on any atom is -0.312 e. The molecule has 0 radical (unpaired) electrons. The van der Waals surface area contributed by atoms with Crippen LogP contribution in [0.15, 0.2) is 24.3 Å². The summed E-state index contributed by atoms with van der Waals surface area (Å²) in [6, 6.07) is 4.81. The average Bonchev–Trinajstić information content (AvgIpc) is 2.47. The maximum Gasteiger partial charge on any atom is 0.0449 e. The molecular weight excluding hydrogens is 178 g/mol. The van der Waals surface area contributed by atoms with Crippen LogP contribution < -0.4 is 5.32 Å². The normalized spacial score (nSPS) is 12.8. The minimum atomic E-state index is 0.441. The van der Waals surface area contributed by atoms with Crippen LogP contribution in [-0.4, -0.2) is 7.05 Å². The first-order valence-corrected chi connectivity index (χ1v) is 5.33. The molecule has 0 aromatic carbocycles. The van der Waals surface area contributed by atoms with Gasteiger partial charge in [0.2, 0.25) is 0 Å². The fraction of sp³-hybridized carbons (Fsp3) is 0.455. The lowest BCUT2D eigenvalue weighted by Gasteiger charge is -2.13. The molecule has 1 nitrogen and oxygen atoms in total. The first-order chi connectivity index (χ1) is 6.13. The Bertz CT molecular complexity index is 288. The van der Waals surface area contributed by atoms with E-state index in [1.165, 1.54) is 15.3 Å². The van der Waals surface area contributed by atoms with Gasteiger partial charge in [0.25, 0.3) is 0 Å². The van der Waals surface area contributed by atoms with E-state index >= 15 is 0 Å². The molecule has 1 unspecified atom stereocenters. The fourth-order valence-electron chi connectivity index (χ4n) is 1.33. The van der Waals surface area contributed by atoms with E-state index < -0.39 is 0 Å². The van der Waals surface area contributed by atoms with Gasteiger partial charge in [0, 0.05) is 15.8 Å². The summed E-state index contributed by atoms with van der Waals surface area (Å²) in [7, 11) is 2.00. The molecule has 72 valence electrons. The van der Waals surface area contributed by atoms with Gasteiger partial charge < -0.3 is 5.32 Å². The van der Waals surface area contributed by atoms with Crippen molar-refractivity contribution in [3.63, 3.8) is 0 Å². The highest BCUT2D eigenvalue weighted by atomic mass is 32.1. The van der Waals surface area contributed by atoms with Crippen LogP contribution in [0.1, 0.15) is 29.1 Å². The van der Waals surface area contributed by atoms with Gasteiger partial charge in [-0.1, -0.05) is 5.57 Å². The quantitative estimate of drug-likeness (QED) is 0.727. The second-order valence-corrected chi connectivity index (χ2v) is 4.77. The fourth-order valence-corrected chi connectivity index (χ4v) is 2.32. The van der Waals surface area contributed by atoms with E-state index in [0.29, 0.717) is 6.04 Å². The first-order valence-electron chi connectivity index (χ1n) is 4.51. The van der Waals surface area contributed by atoms with Gasteiger partial charge >= 0.3 is 0 Å². The van der Waals surface area contributed by atoms with Gasteiger partial charge in [0.15, 0.2) is 0 Å². The summed E-state index contributed by atoms with van der Waals surface area (Å²) in [5.74, 6) is 0. The first kappa shape index (κ1) is 10.5. The molecule has 13 heavy (non-hydrogen) atoms. The molecule has 0 aliphatic rings. The topological polar surface area (TPSA) is 12.0 Å². The number of thiophene rings is 1. The molecule has 1 rings (SSSR count). The largest absolute Gasteiger partial charge is 0.312 e. The highest BCUT2D eigenvalue weighted by molar-refractivity contribution is 7.12. The summed E-state index contributed by atoms with van der Waals surface area (Å²) in [5.41, 5.74) is 1.23. The molecule has 1 heterocycles. The summed E-state index contributed by atoms with van der Waals surface area (Å²) >= 11 is 1.86. The van der Waals surface area contributed by atoms with Crippen molar-refractivity contribution in [2.75, 3.05) is 7.05 Å². The van der Waals surface area contributed by atoms with Crippen LogP contribution in [0.5, 0.6) is 0 Å². The number of nitrogens with one attached hydrogen (secondary N) is 1. The second-order valence-electron chi connectivity index (χ2n) is 3.45. The molecule has 0 fully saturated rings. The SMILES string of the molecule is C=C(C)CC(NC)c1ccc(C)s1. The zero-order valence-electron chi connectivity index (χ0n) is 8.55. The van der Waals surface area contributed by atoms with Gasteiger partial charge in [-0.25, -0.2) is 0 Å². The van der Waals surface area contributed by atoms with Crippen LogP contribution in [-0.2, 0) is 0 Å². The van der Waals surface area contributed by atoms with Crippen molar-refractivity contribution in [2.24, 2.45) is 0 Å². The Balaban J connectivity index is 2.72. The Kier molecular flexibility index (Phi) is 3.70. The third kappa shape index (κ3) is 2.98. The zero-order valence-corrected chi connectivity index (χ0v) is 9.37. The van der Waals surface area contributed by atoms with Gasteiger partial charge in [0.05, 0.1) is 0 Å². The molecule has 0 bridgehead atoms. The van der Waals surface area contributed by atoms with Gasteiger partial charge in [-0.05, 0) is 39.4 Å². The van der Waals surface area contributed by atoms with Crippen molar-refractivity contribution >= 4 is 11.3 Å². The lowest BCUT2D eigenvalue weighted by atomic mass is 10.1. The predicted molar refractivity (Wildman–Crippen MR) is 60.3 cm³/mol. The van der Waals surface area contributed by atoms with Crippen LogP contribution in [0, 0.1) is 6.92 Å². The van der Waals surface area contributed by atoms with Crippen molar-refractivity contribution in [2.45, 2.75) is 26.3 Å². The van der Waals surface area contributed by atoms with Gasteiger partial charge in [-0.3, -0.25) is 0 Å². The molecule has 0 aliphatic carbocycles. The van der Waals surface area contributed by atoms with E-state index in [9.17, 15) is 0 Å². The van der Waals surface area contributed by atoms with Gasteiger partial charge in [-0.2, -0.15) is 0 Å². The van der Waals surface area contributed by atoms with E-state index in [2.05, 4.69) is 37.9 Å². The summed E-state index contributed by atoms with van der Waals surface area (Å²) < 4.78 is 0. The Morgan fingerprint density at radius 3 is 2.69 bits per heavy atom. The minimum absolute atomic E-state index is 0.441. The smallest absolute Gasteiger partial charge is 0.0449 e. The summed E-state index contributed by atoms with van der Waals surface area (Å²) in [5, 5.41) is 3.31. The summed E-state index contributed by atoms with van der Waals surface area (Å²) in [4.78, 5) is 2.78. The van der Waals surface area contributed by atoms with Crippen molar-refractivity contribution < 1.29 is 0 Å². The molecule has 0 saturated heterocycles. The van der Waals surface area contributed by atoms with Crippen LogP contribution in [0.25, 0.3) is 0 Å². The zero-order chi connectivity index (χ0) is 9.84. The molecule has 1 N–H and O–H groups in total. The van der Waals surface area contributed by atoms with E-state index in [1.807, 2.05) is 18.4 Å². The molecule has 1 aromatic heterocycles. The molecular formula is C11H17NS. The standard InChI is InChI=1S/C11H17NS/c1-8(2)7-10(12-4)11-6-5-9(3)13-11/h5-6,10,12H,1,7H2,2-4H3. The third-order valence-corrected chi connectivity index (χ3v) is 3.12. The Labute approximate surface area is 84.5 Å². The van der Waals surface area contributed by atoms with E-state index in [-0.39, 0.29) is 0 Å². The molecule has 1 aromatic rings. The average molecular weight is 195 g/mol. The highest BCUT2D eigenvalue weighted by Gasteiger charge is 2.10. The number of aryl methyl sites for hydroxylation is 1. The van der Waals surface area contributed by atoms with Crippen LogP contribution in [0.3, 0.4) is 0 Å². The molecule has 1 atom stereocenters. The maximum absolute atomic E-state index is 3.94. The predicted octanol–water partition coefficient (Wildman–Crippen LogP) is 3.28. The van der Waals surface area contributed by atoms with Crippen LogP contribution in [0.4, 0.5) is 0 Å². The Morgan fingerprint density at radius 2 is 2.31 bits per heavy atom. The van der Waals surface area contributed by atoms with Crippen molar-refractivity contribution in [3.05, 3.63) is 34.0 Å². The molecule has 0 amide bonds. The summed E-state index contributed by atoms with van der Waals surface area (Å²) in [6.45, 7) is 8.15. The number of hydrogen-bond donors (Lipinski definition) is 1. The number of rotatable bonds is 4. The lowest BCUT2D eigenvalue weighted by molar-refractivity contribution is 0.600. The third-order valence-electron chi connectivity index (χ3n) is 2.01. The van der Waals surface area contributed by atoms with Crippen molar-refractivity contribution in [1.29, 1.82) is 0 Å². The number of hydrogen-bond acceptors (Lipinski definition) is 2.